The Bertz CT molecular complexity index is 434. The van der Waals surface area contributed by atoms with Gasteiger partial charge < -0.3 is 19.7 Å². The lowest BCUT2D eigenvalue weighted by atomic mass is 10.0. The zero-order valence-electron chi connectivity index (χ0n) is 12.9. The fourth-order valence-electron chi connectivity index (χ4n) is 2.71. The van der Waals surface area contributed by atoms with Gasteiger partial charge in [-0.2, -0.15) is 0 Å². The predicted octanol–water partition coefficient (Wildman–Crippen LogP) is 2.69. The Balaban J connectivity index is 2.01. The third-order valence-electron chi connectivity index (χ3n) is 3.96. The second-order valence-corrected chi connectivity index (χ2v) is 5.80. The number of hydrogen-bond donors (Lipinski definition) is 1. The van der Waals surface area contributed by atoms with Gasteiger partial charge in [0.15, 0.2) is 0 Å². The van der Waals surface area contributed by atoms with E-state index in [0.29, 0.717) is 6.10 Å². The van der Waals surface area contributed by atoms with Crippen molar-refractivity contribution in [2.45, 2.75) is 25.5 Å². The number of piperidine rings is 1. The number of nitrogens with one attached hydrogen (secondary N) is 1. The minimum Gasteiger partial charge on any atom is -0.383 e. The summed E-state index contributed by atoms with van der Waals surface area (Å²) < 4.78 is 10.5. The summed E-state index contributed by atoms with van der Waals surface area (Å²) in [7, 11) is 3.51. The van der Waals surface area contributed by atoms with Crippen LogP contribution in [0.3, 0.4) is 0 Å². The summed E-state index contributed by atoms with van der Waals surface area (Å²) in [5, 5.41) is 4.19. The third-order valence-corrected chi connectivity index (χ3v) is 4.20. The van der Waals surface area contributed by atoms with Gasteiger partial charge in [-0.1, -0.05) is 17.7 Å². The van der Waals surface area contributed by atoms with Crippen LogP contribution in [0.2, 0.25) is 5.02 Å². The standard InChI is InChI=1S/C16H25ClN2O2/c1-20-10-7-18-12-13-3-4-14(17)11-16(13)19-8-5-15(21-2)6-9-19/h3-4,11,15,18H,5-10,12H2,1-2H3. The Morgan fingerprint density at radius 2 is 2.05 bits per heavy atom. The maximum absolute atomic E-state index is 6.18. The smallest absolute Gasteiger partial charge is 0.0605 e. The molecule has 1 aliphatic heterocycles. The molecule has 0 unspecified atom stereocenters. The molecule has 1 heterocycles. The normalized spacial score (nSPS) is 16.4. The zero-order valence-corrected chi connectivity index (χ0v) is 13.7. The van der Waals surface area contributed by atoms with E-state index in [1.54, 1.807) is 14.2 Å². The van der Waals surface area contributed by atoms with Gasteiger partial charge in [-0.15, -0.1) is 0 Å². The van der Waals surface area contributed by atoms with Crippen molar-refractivity contribution in [3.8, 4) is 0 Å². The molecule has 0 saturated carbocycles. The Hall–Kier alpha value is -0.810. The summed E-state index contributed by atoms with van der Waals surface area (Å²) in [6, 6.07) is 6.14. The van der Waals surface area contributed by atoms with Crippen LogP contribution in [0.1, 0.15) is 18.4 Å². The predicted molar refractivity (Wildman–Crippen MR) is 87.3 cm³/mol. The first kappa shape index (κ1) is 16.6. The fraction of sp³-hybridized carbons (Fsp3) is 0.625. The molecule has 21 heavy (non-hydrogen) atoms. The van der Waals surface area contributed by atoms with Crippen molar-refractivity contribution in [1.82, 2.24) is 5.32 Å². The SMILES string of the molecule is COCCNCc1ccc(Cl)cc1N1CCC(OC)CC1. The Morgan fingerprint density at radius 3 is 2.71 bits per heavy atom. The highest BCUT2D eigenvalue weighted by molar-refractivity contribution is 6.30. The second kappa shape index (κ2) is 8.59. The van der Waals surface area contributed by atoms with Gasteiger partial charge in [-0.05, 0) is 30.5 Å². The second-order valence-electron chi connectivity index (χ2n) is 5.36. The summed E-state index contributed by atoms with van der Waals surface area (Å²) >= 11 is 6.18. The minimum atomic E-state index is 0.392. The highest BCUT2D eigenvalue weighted by Gasteiger charge is 2.20. The molecule has 4 nitrogen and oxygen atoms in total. The van der Waals surface area contributed by atoms with Crippen molar-refractivity contribution in [3.63, 3.8) is 0 Å². The molecule has 0 aromatic heterocycles. The van der Waals surface area contributed by atoms with Gasteiger partial charge in [0.2, 0.25) is 0 Å². The number of ether oxygens (including phenoxy) is 2. The van der Waals surface area contributed by atoms with Crippen molar-refractivity contribution in [2.75, 3.05) is 45.4 Å². The van der Waals surface area contributed by atoms with Crippen LogP contribution in [0.15, 0.2) is 18.2 Å². The molecule has 1 saturated heterocycles. The Labute approximate surface area is 132 Å². The maximum atomic E-state index is 6.18. The lowest BCUT2D eigenvalue weighted by Crippen LogP contribution is -2.37. The molecule has 0 spiro atoms. The van der Waals surface area contributed by atoms with E-state index in [1.807, 2.05) is 6.07 Å². The van der Waals surface area contributed by atoms with Gasteiger partial charge >= 0.3 is 0 Å². The molecule has 2 rings (SSSR count). The van der Waals surface area contributed by atoms with Crippen LogP contribution in [0.25, 0.3) is 0 Å². The average molecular weight is 313 g/mol. The van der Waals surface area contributed by atoms with Crippen LogP contribution >= 0.6 is 11.6 Å². The highest BCUT2D eigenvalue weighted by atomic mass is 35.5. The number of hydrogen-bond acceptors (Lipinski definition) is 4. The molecule has 1 aliphatic rings. The number of nitrogens with zero attached hydrogens (tertiary/aromatic N) is 1. The van der Waals surface area contributed by atoms with Crippen LogP contribution in [0.4, 0.5) is 5.69 Å². The van der Waals surface area contributed by atoms with E-state index in [-0.39, 0.29) is 0 Å². The van der Waals surface area contributed by atoms with Gasteiger partial charge in [0, 0.05) is 51.1 Å². The summed E-state index contributed by atoms with van der Waals surface area (Å²) in [6.07, 6.45) is 2.53. The summed E-state index contributed by atoms with van der Waals surface area (Å²) in [5.74, 6) is 0. The molecule has 1 fully saturated rings. The quantitative estimate of drug-likeness (QED) is 0.785. The number of anilines is 1. The van der Waals surface area contributed by atoms with Crippen LogP contribution in [0.5, 0.6) is 0 Å². The molecule has 0 amide bonds. The summed E-state index contributed by atoms with van der Waals surface area (Å²) in [5.41, 5.74) is 2.52. The molecule has 118 valence electrons. The van der Waals surface area contributed by atoms with Crippen LogP contribution < -0.4 is 10.2 Å². The van der Waals surface area contributed by atoms with Gasteiger partial charge in [0.1, 0.15) is 0 Å². The van der Waals surface area contributed by atoms with E-state index >= 15 is 0 Å². The first-order chi connectivity index (χ1) is 10.2. The largest absolute Gasteiger partial charge is 0.383 e. The molecule has 0 radical (unpaired) electrons. The van der Waals surface area contributed by atoms with E-state index in [2.05, 4.69) is 22.3 Å². The van der Waals surface area contributed by atoms with E-state index in [1.165, 1.54) is 11.3 Å². The van der Waals surface area contributed by atoms with Crippen LogP contribution in [0, 0.1) is 0 Å². The molecule has 0 aliphatic carbocycles. The molecule has 0 atom stereocenters. The highest BCUT2D eigenvalue weighted by Crippen LogP contribution is 2.28. The van der Waals surface area contributed by atoms with Gasteiger partial charge in [-0.3, -0.25) is 0 Å². The summed E-state index contributed by atoms with van der Waals surface area (Å²) in [4.78, 5) is 2.41. The average Bonchev–Trinajstić information content (AvgIpc) is 2.53. The number of rotatable bonds is 7. The van der Waals surface area contributed by atoms with E-state index in [0.717, 1.165) is 50.7 Å². The number of halogens is 1. The van der Waals surface area contributed by atoms with Crippen LogP contribution in [-0.2, 0) is 16.0 Å². The molecule has 0 bridgehead atoms. The third kappa shape index (κ3) is 4.85. The first-order valence-electron chi connectivity index (χ1n) is 7.50. The van der Waals surface area contributed by atoms with Crippen LogP contribution in [-0.4, -0.2) is 46.6 Å². The van der Waals surface area contributed by atoms with Crippen molar-refractivity contribution in [2.24, 2.45) is 0 Å². The maximum Gasteiger partial charge on any atom is 0.0605 e. The lowest BCUT2D eigenvalue weighted by Gasteiger charge is -2.34. The molecule has 1 N–H and O–H groups in total. The van der Waals surface area contributed by atoms with E-state index in [4.69, 9.17) is 21.1 Å². The van der Waals surface area contributed by atoms with Crippen molar-refractivity contribution >= 4 is 17.3 Å². The Kier molecular flexibility index (Phi) is 6.77. The number of methoxy groups -OCH3 is 2. The van der Waals surface area contributed by atoms with Gasteiger partial charge in [0.05, 0.1) is 12.7 Å². The zero-order chi connectivity index (χ0) is 15.1. The van der Waals surface area contributed by atoms with Gasteiger partial charge in [0.25, 0.3) is 0 Å². The molecular weight excluding hydrogens is 288 g/mol. The Morgan fingerprint density at radius 1 is 1.29 bits per heavy atom. The lowest BCUT2D eigenvalue weighted by molar-refractivity contribution is 0.0819. The van der Waals surface area contributed by atoms with E-state index < -0.39 is 0 Å². The van der Waals surface area contributed by atoms with Crippen molar-refractivity contribution < 1.29 is 9.47 Å². The van der Waals surface area contributed by atoms with Crippen molar-refractivity contribution in [1.29, 1.82) is 0 Å². The van der Waals surface area contributed by atoms with Gasteiger partial charge in [-0.25, -0.2) is 0 Å². The van der Waals surface area contributed by atoms with E-state index in [9.17, 15) is 0 Å². The fourth-order valence-corrected chi connectivity index (χ4v) is 2.88. The topological polar surface area (TPSA) is 33.7 Å². The minimum absolute atomic E-state index is 0.392. The van der Waals surface area contributed by atoms with Crippen molar-refractivity contribution in [3.05, 3.63) is 28.8 Å². The summed E-state index contributed by atoms with van der Waals surface area (Å²) in [6.45, 7) is 4.44. The monoisotopic (exact) mass is 312 g/mol. The number of benzene rings is 1. The first-order valence-corrected chi connectivity index (χ1v) is 7.88. The molecule has 1 aromatic rings. The molecular formula is C16H25ClN2O2. The molecule has 5 heteroatoms. The molecule has 1 aromatic carbocycles.